The van der Waals surface area contributed by atoms with Crippen molar-refractivity contribution in [1.82, 2.24) is 4.72 Å². The van der Waals surface area contributed by atoms with Crippen molar-refractivity contribution in [2.75, 3.05) is 12.3 Å². The van der Waals surface area contributed by atoms with E-state index in [1.165, 1.54) is 6.42 Å². The van der Waals surface area contributed by atoms with Crippen LogP contribution in [0.25, 0.3) is 11.1 Å². The number of sulfonamides is 1. The first kappa shape index (κ1) is 25.4. The highest BCUT2D eigenvalue weighted by Gasteiger charge is 2.48. The highest BCUT2D eigenvalue weighted by atomic mass is 32.2. The second-order valence-electron chi connectivity index (χ2n) is 9.77. The lowest BCUT2D eigenvalue weighted by Crippen LogP contribution is -2.43. The standard InChI is InChI=1S/C27H36NO4PS/c1-2-33(29,30)19-9-4-3-8-12-26-23-13-14-24(20-23)27(26)28-34(31,32)25-17-15-22(16-18-25)21-10-6-5-7-11-21/h3,5-8,10-11,15-18,23-24,26-28H,2,4,9,12-14,19-20H2,1H3,(H,29,30)/b8-3-/t23?,24-,26?,27?/m0/s1. The smallest absolute Gasteiger partial charge is 0.240 e. The van der Waals surface area contributed by atoms with Crippen molar-refractivity contribution in [3.05, 3.63) is 66.7 Å². The summed E-state index contributed by atoms with van der Waals surface area (Å²) in [6, 6.07) is 17.0. The number of nitrogens with one attached hydrogen (secondary N) is 1. The van der Waals surface area contributed by atoms with Gasteiger partial charge in [0.05, 0.1) is 4.90 Å². The van der Waals surface area contributed by atoms with Crippen LogP contribution in [-0.4, -0.2) is 31.7 Å². The lowest BCUT2D eigenvalue weighted by Gasteiger charge is -2.31. The molecule has 0 aliphatic heterocycles. The quantitative estimate of drug-likeness (QED) is 0.223. The summed E-state index contributed by atoms with van der Waals surface area (Å²) in [5.74, 6) is 1.29. The van der Waals surface area contributed by atoms with Crippen LogP contribution in [0.4, 0.5) is 0 Å². The summed E-state index contributed by atoms with van der Waals surface area (Å²) in [6.45, 7) is 1.75. The van der Waals surface area contributed by atoms with Gasteiger partial charge in [-0.2, -0.15) is 0 Å². The molecule has 2 aliphatic rings. The van der Waals surface area contributed by atoms with E-state index in [1.54, 1.807) is 19.1 Å². The maximum Gasteiger partial charge on any atom is 0.240 e. The highest BCUT2D eigenvalue weighted by Crippen LogP contribution is 2.50. The minimum Gasteiger partial charge on any atom is -0.344 e. The molecule has 34 heavy (non-hydrogen) atoms. The summed E-state index contributed by atoms with van der Waals surface area (Å²) in [5, 5.41) is 0. The van der Waals surface area contributed by atoms with Crippen LogP contribution < -0.4 is 4.72 Å². The van der Waals surface area contributed by atoms with E-state index in [1.807, 2.05) is 42.5 Å². The van der Waals surface area contributed by atoms with Crippen LogP contribution >= 0.6 is 7.37 Å². The molecule has 2 aromatic carbocycles. The van der Waals surface area contributed by atoms with Gasteiger partial charge in [0.25, 0.3) is 0 Å². The number of unbranched alkanes of at least 4 members (excludes halogenated alkanes) is 1. The molecule has 0 heterocycles. The van der Waals surface area contributed by atoms with E-state index >= 15 is 0 Å². The number of hydrogen-bond donors (Lipinski definition) is 2. The van der Waals surface area contributed by atoms with Crippen LogP contribution in [0.3, 0.4) is 0 Å². The average molecular weight is 502 g/mol. The average Bonchev–Trinajstić information content (AvgIpc) is 3.44. The fraction of sp³-hybridized carbons (Fsp3) is 0.481. The fourth-order valence-corrected chi connectivity index (χ4v) is 7.97. The zero-order valence-electron chi connectivity index (χ0n) is 19.8. The largest absolute Gasteiger partial charge is 0.344 e. The predicted octanol–water partition coefficient (Wildman–Crippen LogP) is 6.06. The van der Waals surface area contributed by atoms with Gasteiger partial charge in [-0.25, -0.2) is 13.1 Å². The number of fused-ring (bicyclic) bond motifs is 2. The molecule has 4 unspecified atom stereocenters. The Morgan fingerprint density at radius 2 is 1.68 bits per heavy atom. The van der Waals surface area contributed by atoms with E-state index in [-0.39, 0.29) is 6.04 Å². The molecular weight excluding hydrogens is 465 g/mol. The van der Waals surface area contributed by atoms with Crippen molar-refractivity contribution >= 4 is 17.4 Å². The van der Waals surface area contributed by atoms with E-state index in [0.717, 1.165) is 36.8 Å². The molecule has 0 radical (unpaired) electrons. The first-order valence-corrected chi connectivity index (χ1v) is 15.9. The molecule has 2 fully saturated rings. The lowest BCUT2D eigenvalue weighted by molar-refractivity contribution is 0.274. The van der Waals surface area contributed by atoms with Gasteiger partial charge >= 0.3 is 0 Å². The summed E-state index contributed by atoms with van der Waals surface area (Å²) in [7, 11) is -6.54. The Balaban J connectivity index is 1.37. The molecule has 2 aliphatic carbocycles. The van der Waals surface area contributed by atoms with Gasteiger partial charge in [-0.05, 0) is 79.5 Å². The van der Waals surface area contributed by atoms with Gasteiger partial charge in [-0.1, -0.05) is 61.5 Å². The highest BCUT2D eigenvalue weighted by molar-refractivity contribution is 7.89. The zero-order valence-corrected chi connectivity index (χ0v) is 21.6. The van der Waals surface area contributed by atoms with Gasteiger partial charge < -0.3 is 4.89 Å². The van der Waals surface area contributed by atoms with E-state index in [4.69, 9.17) is 0 Å². The second-order valence-corrected chi connectivity index (χ2v) is 14.3. The van der Waals surface area contributed by atoms with Crippen molar-refractivity contribution in [3.8, 4) is 11.1 Å². The first-order chi connectivity index (χ1) is 16.3. The summed E-state index contributed by atoms with van der Waals surface area (Å²) in [5.41, 5.74) is 2.06. The topological polar surface area (TPSA) is 83.5 Å². The fourth-order valence-electron chi connectivity index (χ4n) is 5.62. The minimum atomic E-state index is -3.59. The molecular formula is C27H36NO4PS. The molecule has 5 atom stereocenters. The Labute approximate surface area is 204 Å². The van der Waals surface area contributed by atoms with Crippen molar-refractivity contribution in [2.24, 2.45) is 17.8 Å². The molecule has 5 nitrogen and oxygen atoms in total. The first-order valence-electron chi connectivity index (χ1n) is 12.4. The van der Waals surface area contributed by atoms with Crippen LogP contribution in [-0.2, 0) is 14.6 Å². The third-order valence-corrected chi connectivity index (χ3v) is 11.1. The molecule has 2 bridgehead atoms. The van der Waals surface area contributed by atoms with Gasteiger partial charge in [-0.15, -0.1) is 0 Å². The summed E-state index contributed by atoms with van der Waals surface area (Å²) in [6.07, 6.45) is 10.7. The van der Waals surface area contributed by atoms with Crippen molar-refractivity contribution in [3.63, 3.8) is 0 Å². The molecule has 184 valence electrons. The summed E-state index contributed by atoms with van der Waals surface area (Å²) in [4.78, 5) is 10.0. The number of hydrogen-bond acceptors (Lipinski definition) is 3. The van der Waals surface area contributed by atoms with Crippen LogP contribution in [0, 0.1) is 17.8 Å². The second kappa shape index (κ2) is 10.9. The van der Waals surface area contributed by atoms with Gasteiger partial charge in [0, 0.05) is 18.4 Å². The van der Waals surface area contributed by atoms with Crippen molar-refractivity contribution < 1.29 is 17.9 Å². The molecule has 2 aromatic rings. The molecule has 0 aromatic heterocycles. The number of allylic oxidation sites excluding steroid dienone is 2. The van der Waals surface area contributed by atoms with Gasteiger partial charge in [0.15, 0.2) is 7.37 Å². The lowest BCUT2D eigenvalue weighted by atomic mass is 9.83. The number of rotatable bonds is 11. The van der Waals surface area contributed by atoms with Gasteiger partial charge in [0.2, 0.25) is 10.0 Å². The molecule has 2 N–H and O–H groups in total. The summed E-state index contributed by atoms with van der Waals surface area (Å²) < 4.78 is 41.3. The molecule has 0 amide bonds. The monoisotopic (exact) mass is 501 g/mol. The Kier molecular flexibility index (Phi) is 8.14. The Hall–Kier alpha value is -1.72. The zero-order chi connectivity index (χ0) is 24.2. The number of benzene rings is 2. The third kappa shape index (κ3) is 6.09. The Morgan fingerprint density at radius 3 is 2.38 bits per heavy atom. The van der Waals surface area contributed by atoms with Crippen molar-refractivity contribution in [2.45, 2.75) is 56.4 Å². The molecule has 2 saturated carbocycles. The molecule has 7 heteroatoms. The Morgan fingerprint density at radius 1 is 1.00 bits per heavy atom. The molecule has 0 saturated heterocycles. The van der Waals surface area contributed by atoms with Crippen LogP contribution in [0.2, 0.25) is 0 Å². The minimum absolute atomic E-state index is 0.0278. The van der Waals surface area contributed by atoms with Crippen molar-refractivity contribution in [1.29, 1.82) is 0 Å². The van der Waals surface area contributed by atoms with Crippen LogP contribution in [0.15, 0.2) is 71.6 Å². The van der Waals surface area contributed by atoms with Crippen LogP contribution in [0.1, 0.15) is 45.4 Å². The third-order valence-electron chi connectivity index (χ3n) is 7.60. The summed E-state index contributed by atoms with van der Waals surface area (Å²) >= 11 is 0. The van der Waals surface area contributed by atoms with E-state index in [0.29, 0.717) is 41.4 Å². The Bertz CT molecular complexity index is 1130. The van der Waals surface area contributed by atoms with Crippen LogP contribution in [0.5, 0.6) is 0 Å². The maximum absolute atomic E-state index is 13.2. The normalized spacial score (nSPS) is 26.2. The van der Waals surface area contributed by atoms with Gasteiger partial charge in [-0.3, -0.25) is 4.57 Å². The van der Waals surface area contributed by atoms with Gasteiger partial charge in [0.1, 0.15) is 0 Å². The van der Waals surface area contributed by atoms with E-state index in [9.17, 15) is 17.9 Å². The maximum atomic E-state index is 13.2. The molecule has 0 spiro atoms. The predicted molar refractivity (Wildman–Crippen MR) is 139 cm³/mol. The van der Waals surface area contributed by atoms with E-state index < -0.39 is 17.4 Å². The molecule has 4 rings (SSSR count). The SMILES string of the molecule is CCP(=O)(O)CCC/C=C\CC1C2CC[C@@H](C2)C1NS(=O)(=O)c1ccc(-c2ccccc2)cc1. The van der Waals surface area contributed by atoms with E-state index in [2.05, 4.69) is 16.9 Å².